The smallest absolute Gasteiger partial charge is 0.133 e. The third-order valence-corrected chi connectivity index (χ3v) is 8.82. The monoisotopic (exact) mass is 550 g/mol. The Kier molecular flexibility index (Phi) is 7.48. The van der Waals surface area contributed by atoms with Gasteiger partial charge in [0.15, 0.2) is 0 Å². The van der Waals surface area contributed by atoms with Gasteiger partial charge >= 0.3 is 0 Å². The zero-order valence-electron chi connectivity index (χ0n) is 23.8. The van der Waals surface area contributed by atoms with Crippen molar-refractivity contribution in [3.63, 3.8) is 0 Å². The Labute approximate surface area is 241 Å². The lowest BCUT2D eigenvalue weighted by molar-refractivity contribution is -0.0285. The van der Waals surface area contributed by atoms with E-state index < -0.39 is 0 Å². The van der Waals surface area contributed by atoms with Gasteiger partial charge < -0.3 is 14.5 Å². The average Bonchev–Trinajstić information content (AvgIpc) is 3.60. The fourth-order valence-electron chi connectivity index (χ4n) is 6.20. The molecule has 7 rings (SSSR count). The maximum Gasteiger partial charge on any atom is 0.133 e. The molecule has 41 heavy (non-hydrogen) atoms. The van der Waals surface area contributed by atoms with Gasteiger partial charge in [0.2, 0.25) is 0 Å². The molecular formula is C32H38N8O. The highest BCUT2D eigenvalue weighted by Crippen LogP contribution is 2.32. The molecule has 4 aromatic rings. The number of hydrogen-bond acceptors (Lipinski definition) is 8. The van der Waals surface area contributed by atoms with E-state index in [1.54, 1.807) is 6.20 Å². The van der Waals surface area contributed by atoms with Crippen LogP contribution in [0, 0.1) is 0 Å². The zero-order chi connectivity index (χ0) is 27.6. The van der Waals surface area contributed by atoms with Crippen molar-refractivity contribution >= 4 is 5.69 Å². The van der Waals surface area contributed by atoms with Gasteiger partial charge in [-0.15, -0.1) is 0 Å². The SMILES string of the molecule is CN1CCCC1CN1CCN(c2ccc(Cc3nccc(-c4cn(C5COC5)nc4-c4cccnc4)n3)cc2)CC1. The summed E-state index contributed by atoms with van der Waals surface area (Å²) in [5.41, 5.74) is 6.23. The summed E-state index contributed by atoms with van der Waals surface area (Å²) in [6.07, 6.45) is 10.9. The molecule has 0 saturated carbocycles. The number of likely N-dealkylation sites (tertiary alicyclic amines) is 1. The van der Waals surface area contributed by atoms with Gasteiger partial charge in [0.05, 0.1) is 24.9 Å². The van der Waals surface area contributed by atoms with Crippen LogP contribution in [0.1, 0.15) is 30.3 Å². The number of anilines is 1. The van der Waals surface area contributed by atoms with Gasteiger partial charge in [-0.2, -0.15) is 5.10 Å². The van der Waals surface area contributed by atoms with E-state index in [4.69, 9.17) is 14.8 Å². The standard InChI is InChI=1S/C32H38N8O/c1-37-13-3-5-27(37)20-38-14-16-39(17-15-38)26-8-6-24(7-9-26)18-31-34-12-10-30(35-31)29-21-40(28-22-41-23-28)36-32(29)25-4-2-11-33-19-25/h2,4,6-12,19,21,27-28H,3,5,13-18,20,22-23H2,1H3. The second-order valence-electron chi connectivity index (χ2n) is 11.6. The highest BCUT2D eigenvalue weighted by atomic mass is 16.5. The summed E-state index contributed by atoms with van der Waals surface area (Å²) < 4.78 is 7.42. The quantitative estimate of drug-likeness (QED) is 0.328. The van der Waals surface area contributed by atoms with Crippen LogP contribution in [-0.4, -0.2) is 100 Å². The van der Waals surface area contributed by atoms with Crippen LogP contribution in [0.5, 0.6) is 0 Å². The lowest BCUT2D eigenvalue weighted by atomic mass is 10.1. The van der Waals surface area contributed by atoms with Crippen molar-refractivity contribution in [1.82, 2.24) is 34.5 Å². The second kappa shape index (κ2) is 11.7. The van der Waals surface area contributed by atoms with Gasteiger partial charge in [-0.05, 0) is 62.3 Å². The fraction of sp³-hybridized carbons (Fsp3) is 0.438. The van der Waals surface area contributed by atoms with E-state index in [1.165, 1.54) is 37.2 Å². The van der Waals surface area contributed by atoms with Crippen LogP contribution in [0.3, 0.4) is 0 Å². The molecule has 0 amide bonds. The summed E-state index contributed by atoms with van der Waals surface area (Å²) in [6.45, 7) is 8.28. The molecule has 0 N–H and O–H groups in total. The van der Waals surface area contributed by atoms with E-state index in [1.807, 2.05) is 35.3 Å². The van der Waals surface area contributed by atoms with E-state index in [-0.39, 0.29) is 6.04 Å². The third kappa shape index (κ3) is 5.75. The number of piperazine rings is 1. The minimum absolute atomic E-state index is 0.260. The minimum atomic E-state index is 0.260. The summed E-state index contributed by atoms with van der Waals surface area (Å²) in [5.74, 6) is 0.803. The molecule has 1 unspecified atom stereocenters. The normalized spacial score (nSPS) is 20.4. The van der Waals surface area contributed by atoms with Gasteiger partial charge in [-0.1, -0.05) is 12.1 Å². The topological polar surface area (TPSA) is 75.4 Å². The molecular weight excluding hydrogens is 512 g/mol. The van der Waals surface area contributed by atoms with Gasteiger partial charge in [0.25, 0.3) is 0 Å². The maximum atomic E-state index is 5.41. The molecule has 0 radical (unpaired) electrons. The molecule has 3 aromatic heterocycles. The maximum absolute atomic E-state index is 5.41. The lowest BCUT2D eigenvalue weighted by Gasteiger charge is -2.38. The van der Waals surface area contributed by atoms with Crippen molar-refractivity contribution in [2.24, 2.45) is 0 Å². The third-order valence-electron chi connectivity index (χ3n) is 8.82. The molecule has 1 atom stereocenters. The van der Waals surface area contributed by atoms with Gasteiger partial charge in [0.1, 0.15) is 11.5 Å². The van der Waals surface area contributed by atoms with Crippen LogP contribution in [0.25, 0.3) is 22.5 Å². The zero-order valence-corrected chi connectivity index (χ0v) is 23.8. The first-order valence-electron chi connectivity index (χ1n) is 14.9. The predicted octanol–water partition coefficient (Wildman–Crippen LogP) is 3.78. The van der Waals surface area contributed by atoms with Crippen LogP contribution < -0.4 is 4.90 Å². The van der Waals surface area contributed by atoms with Crippen molar-refractivity contribution < 1.29 is 4.74 Å². The molecule has 1 aromatic carbocycles. The summed E-state index contributed by atoms with van der Waals surface area (Å²) >= 11 is 0. The molecule has 212 valence electrons. The Balaban J connectivity index is 1.02. The Morgan fingerprint density at radius 1 is 0.951 bits per heavy atom. The average molecular weight is 551 g/mol. The van der Waals surface area contributed by atoms with Crippen molar-refractivity contribution in [3.8, 4) is 22.5 Å². The van der Waals surface area contributed by atoms with Gasteiger partial charge in [-0.3, -0.25) is 14.6 Å². The molecule has 3 aliphatic heterocycles. The number of benzene rings is 1. The lowest BCUT2D eigenvalue weighted by Crippen LogP contribution is -2.50. The second-order valence-corrected chi connectivity index (χ2v) is 11.6. The fourth-order valence-corrected chi connectivity index (χ4v) is 6.20. The van der Waals surface area contributed by atoms with Crippen molar-refractivity contribution in [3.05, 3.63) is 78.6 Å². The highest BCUT2D eigenvalue weighted by molar-refractivity contribution is 5.78. The summed E-state index contributed by atoms with van der Waals surface area (Å²) in [6, 6.07) is 15.9. The van der Waals surface area contributed by atoms with Crippen molar-refractivity contribution in [2.45, 2.75) is 31.3 Å². The first kappa shape index (κ1) is 26.3. The van der Waals surface area contributed by atoms with Crippen LogP contribution in [0.2, 0.25) is 0 Å². The summed E-state index contributed by atoms with van der Waals surface area (Å²) in [5, 5.41) is 4.91. The number of ether oxygens (including phenoxy) is 1. The number of hydrogen-bond donors (Lipinski definition) is 0. The summed E-state index contributed by atoms with van der Waals surface area (Å²) in [4.78, 5) is 21.6. The molecule has 9 heteroatoms. The van der Waals surface area contributed by atoms with E-state index in [9.17, 15) is 0 Å². The molecule has 3 aliphatic rings. The van der Waals surface area contributed by atoms with Gasteiger partial charge in [-0.25, -0.2) is 9.97 Å². The van der Waals surface area contributed by atoms with Crippen LogP contribution in [0.15, 0.2) is 67.3 Å². The molecule has 6 heterocycles. The number of pyridine rings is 1. The largest absolute Gasteiger partial charge is 0.377 e. The van der Waals surface area contributed by atoms with E-state index in [0.29, 0.717) is 19.6 Å². The van der Waals surface area contributed by atoms with E-state index in [0.717, 1.165) is 60.6 Å². The number of nitrogens with zero attached hydrogens (tertiary/aromatic N) is 8. The Morgan fingerprint density at radius 3 is 2.51 bits per heavy atom. The minimum Gasteiger partial charge on any atom is -0.377 e. The highest BCUT2D eigenvalue weighted by Gasteiger charge is 2.26. The van der Waals surface area contributed by atoms with Crippen LogP contribution in [-0.2, 0) is 11.2 Å². The van der Waals surface area contributed by atoms with Crippen molar-refractivity contribution in [1.29, 1.82) is 0 Å². The summed E-state index contributed by atoms with van der Waals surface area (Å²) in [7, 11) is 2.27. The number of likely N-dealkylation sites (N-methyl/N-ethyl adjacent to an activating group) is 1. The van der Waals surface area contributed by atoms with Crippen LogP contribution in [0.4, 0.5) is 5.69 Å². The van der Waals surface area contributed by atoms with Gasteiger partial charge in [0, 0.05) is 86.8 Å². The Morgan fingerprint density at radius 2 is 1.80 bits per heavy atom. The number of aromatic nitrogens is 5. The molecule has 0 aliphatic carbocycles. The molecule has 3 saturated heterocycles. The van der Waals surface area contributed by atoms with E-state index >= 15 is 0 Å². The number of rotatable bonds is 8. The molecule has 3 fully saturated rings. The molecule has 9 nitrogen and oxygen atoms in total. The molecule has 0 spiro atoms. The predicted molar refractivity (Wildman–Crippen MR) is 160 cm³/mol. The first-order valence-corrected chi connectivity index (χ1v) is 14.9. The van der Waals surface area contributed by atoms with E-state index in [2.05, 4.69) is 62.2 Å². The van der Waals surface area contributed by atoms with Crippen LogP contribution >= 0.6 is 0 Å². The van der Waals surface area contributed by atoms with Crippen molar-refractivity contribution in [2.75, 3.05) is 64.4 Å². The first-order chi connectivity index (χ1) is 20.2. The Hall–Kier alpha value is -3.66. The molecule has 0 bridgehead atoms. The Bertz CT molecular complexity index is 1440.